The van der Waals surface area contributed by atoms with E-state index in [1.165, 1.54) is 12.1 Å². The second-order valence-electron chi connectivity index (χ2n) is 3.44. The van der Waals surface area contributed by atoms with Crippen molar-refractivity contribution in [3.8, 4) is 0 Å². The number of rotatable bonds is 5. The predicted octanol–water partition coefficient (Wildman–Crippen LogP) is 2.27. The molecule has 0 aliphatic heterocycles. The van der Waals surface area contributed by atoms with Crippen LogP contribution >= 0.6 is 15.9 Å². The summed E-state index contributed by atoms with van der Waals surface area (Å²) in [4.78, 5) is 22.6. The van der Waals surface area contributed by atoms with Crippen LogP contribution in [0.3, 0.4) is 0 Å². The van der Waals surface area contributed by atoms with Crippen LogP contribution in [-0.4, -0.2) is 25.0 Å². The lowest BCUT2D eigenvalue weighted by molar-refractivity contribution is -0.142. The third-order valence-electron chi connectivity index (χ3n) is 2.10. The molecule has 0 radical (unpaired) electrons. The van der Waals surface area contributed by atoms with Gasteiger partial charge in [-0.05, 0) is 41.1 Å². The Morgan fingerprint density at radius 1 is 1.44 bits per heavy atom. The fraction of sp³-hybridized carbons (Fsp3) is 0.333. The number of ether oxygens (including phenoxy) is 1. The van der Waals surface area contributed by atoms with E-state index in [2.05, 4.69) is 21.2 Å². The van der Waals surface area contributed by atoms with Crippen molar-refractivity contribution in [1.82, 2.24) is 5.32 Å². The second-order valence-corrected chi connectivity index (χ2v) is 4.29. The van der Waals surface area contributed by atoms with Crippen LogP contribution in [0.5, 0.6) is 0 Å². The molecular formula is C12H13BrFNO3. The van der Waals surface area contributed by atoms with Crippen LogP contribution in [0.4, 0.5) is 4.39 Å². The van der Waals surface area contributed by atoms with Crippen LogP contribution in [0.2, 0.25) is 0 Å². The number of halogens is 2. The van der Waals surface area contributed by atoms with Gasteiger partial charge in [0.05, 0.1) is 17.5 Å². The number of amides is 1. The summed E-state index contributed by atoms with van der Waals surface area (Å²) in [5, 5.41) is 2.51. The fourth-order valence-electron chi connectivity index (χ4n) is 1.25. The van der Waals surface area contributed by atoms with Crippen LogP contribution < -0.4 is 5.32 Å². The third-order valence-corrected chi connectivity index (χ3v) is 2.74. The average Bonchev–Trinajstić information content (AvgIpc) is 2.33. The van der Waals surface area contributed by atoms with Crippen LogP contribution in [-0.2, 0) is 9.53 Å². The Hall–Kier alpha value is -1.43. The maximum atomic E-state index is 13.2. The summed E-state index contributed by atoms with van der Waals surface area (Å²) in [6.45, 7) is 2.18. The van der Waals surface area contributed by atoms with E-state index in [4.69, 9.17) is 4.74 Å². The van der Waals surface area contributed by atoms with E-state index in [9.17, 15) is 14.0 Å². The summed E-state index contributed by atoms with van der Waals surface area (Å²) in [5.74, 6) is -1.31. The van der Waals surface area contributed by atoms with Gasteiger partial charge in [-0.25, -0.2) is 4.39 Å². The molecule has 0 fully saturated rings. The summed E-state index contributed by atoms with van der Waals surface area (Å²) >= 11 is 3.00. The largest absolute Gasteiger partial charge is 0.466 e. The van der Waals surface area contributed by atoms with Crippen molar-refractivity contribution in [2.24, 2.45) is 0 Å². The first-order chi connectivity index (χ1) is 8.54. The SMILES string of the molecule is CCOC(=O)CCNC(=O)c1ccc(Br)c(F)c1. The molecule has 4 nitrogen and oxygen atoms in total. The van der Waals surface area contributed by atoms with Crippen LogP contribution in [0, 0.1) is 5.82 Å². The standard InChI is InChI=1S/C12H13BrFNO3/c1-2-18-11(16)5-6-15-12(17)8-3-4-9(13)10(14)7-8/h3-4,7H,2,5-6H2,1H3,(H,15,17). The zero-order valence-electron chi connectivity index (χ0n) is 9.83. The molecule has 18 heavy (non-hydrogen) atoms. The van der Waals surface area contributed by atoms with Crippen molar-refractivity contribution < 1.29 is 18.7 Å². The molecule has 0 aromatic heterocycles. The highest BCUT2D eigenvalue weighted by Gasteiger charge is 2.09. The highest BCUT2D eigenvalue weighted by Crippen LogP contribution is 2.16. The molecular weight excluding hydrogens is 305 g/mol. The second kappa shape index (κ2) is 7.10. The van der Waals surface area contributed by atoms with Crippen molar-refractivity contribution in [2.75, 3.05) is 13.2 Å². The predicted molar refractivity (Wildman–Crippen MR) is 67.7 cm³/mol. The number of hydrogen-bond acceptors (Lipinski definition) is 3. The van der Waals surface area contributed by atoms with Crippen molar-refractivity contribution in [1.29, 1.82) is 0 Å². The minimum atomic E-state index is -0.506. The van der Waals surface area contributed by atoms with Gasteiger partial charge in [0.2, 0.25) is 0 Å². The van der Waals surface area contributed by atoms with Gasteiger partial charge in [0.1, 0.15) is 5.82 Å². The molecule has 0 bridgehead atoms. The van der Waals surface area contributed by atoms with Gasteiger partial charge in [0, 0.05) is 12.1 Å². The zero-order chi connectivity index (χ0) is 13.5. The minimum absolute atomic E-state index is 0.0958. The Morgan fingerprint density at radius 3 is 2.78 bits per heavy atom. The van der Waals surface area contributed by atoms with Crippen molar-refractivity contribution >= 4 is 27.8 Å². The smallest absolute Gasteiger partial charge is 0.307 e. The molecule has 1 rings (SSSR count). The molecule has 1 aromatic rings. The average molecular weight is 318 g/mol. The highest BCUT2D eigenvalue weighted by atomic mass is 79.9. The van der Waals surface area contributed by atoms with Crippen LogP contribution in [0.15, 0.2) is 22.7 Å². The summed E-state index contributed by atoms with van der Waals surface area (Å²) in [6, 6.07) is 4.08. The zero-order valence-corrected chi connectivity index (χ0v) is 11.4. The minimum Gasteiger partial charge on any atom is -0.466 e. The molecule has 0 saturated carbocycles. The Labute approximate surface area is 113 Å². The van der Waals surface area contributed by atoms with Gasteiger partial charge in [-0.3, -0.25) is 9.59 Å². The molecule has 0 saturated heterocycles. The van der Waals surface area contributed by atoms with Gasteiger partial charge < -0.3 is 10.1 Å². The first-order valence-corrected chi connectivity index (χ1v) is 6.22. The van der Waals surface area contributed by atoms with E-state index in [1.54, 1.807) is 6.92 Å². The number of nitrogens with one attached hydrogen (secondary N) is 1. The van der Waals surface area contributed by atoms with E-state index >= 15 is 0 Å². The number of carbonyl (C=O) groups excluding carboxylic acids is 2. The summed E-state index contributed by atoms with van der Waals surface area (Å²) in [5.41, 5.74) is 0.208. The highest BCUT2D eigenvalue weighted by molar-refractivity contribution is 9.10. The maximum absolute atomic E-state index is 13.2. The number of carbonyl (C=O) groups is 2. The van der Waals surface area contributed by atoms with Crippen LogP contribution in [0.1, 0.15) is 23.7 Å². The third kappa shape index (κ3) is 4.44. The van der Waals surface area contributed by atoms with E-state index in [0.29, 0.717) is 11.1 Å². The number of hydrogen-bond donors (Lipinski definition) is 1. The quantitative estimate of drug-likeness (QED) is 0.848. The molecule has 0 aliphatic carbocycles. The molecule has 0 unspecified atom stereocenters. The lowest BCUT2D eigenvalue weighted by atomic mass is 10.2. The van der Waals surface area contributed by atoms with E-state index in [0.717, 1.165) is 6.07 Å². The summed E-state index contributed by atoms with van der Waals surface area (Å²) < 4.78 is 18.2. The van der Waals surface area contributed by atoms with Gasteiger partial charge in [-0.2, -0.15) is 0 Å². The maximum Gasteiger partial charge on any atom is 0.307 e. The monoisotopic (exact) mass is 317 g/mol. The Bertz CT molecular complexity index is 451. The molecule has 1 amide bonds. The molecule has 0 spiro atoms. The Morgan fingerprint density at radius 2 is 2.17 bits per heavy atom. The van der Waals surface area contributed by atoms with Gasteiger partial charge in [0.25, 0.3) is 5.91 Å². The molecule has 0 aliphatic rings. The van der Waals surface area contributed by atoms with Gasteiger partial charge >= 0.3 is 5.97 Å². The Kier molecular flexibility index (Phi) is 5.77. The first kappa shape index (κ1) is 14.6. The van der Waals surface area contributed by atoms with Crippen molar-refractivity contribution in [2.45, 2.75) is 13.3 Å². The van der Waals surface area contributed by atoms with E-state index in [1.807, 2.05) is 0 Å². The molecule has 0 heterocycles. The topological polar surface area (TPSA) is 55.4 Å². The van der Waals surface area contributed by atoms with Gasteiger partial charge in [0.15, 0.2) is 0 Å². The fourth-order valence-corrected chi connectivity index (χ4v) is 1.50. The Balaban J connectivity index is 2.45. The first-order valence-electron chi connectivity index (χ1n) is 5.43. The molecule has 0 atom stereocenters. The van der Waals surface area contributed by atoms with Crippen molar-refractivity contribution in [3.05, 3.63) is 34.1 Å². The molecule has 6 heteroatoms. The molecule has 1 N–H and O–H groups in total. The van der Waals surface area contributed by atoms with Gasteiger partial charge in [-0.15, -0.1) is 0 Å². The number of esters is 1. The lowest BCUT2D eigenvalue weighted by Gasteiger charge is -2.05. The van der Waals surface area contributed by atoms with Crippen LogP contribution in [0.25, 0.3) is 0 Å². The molecule has 1 aromatic carbocycles. The number of benzene rings is 1. The van der Waals surface area contributed by atoms with Gasteiger partial charge in [-0.1, -0.05) is 0 Å². The normalized spacial score (nSPS) is 9.94. The molecule has 98 valence electrons. The van der Waals surface area contributed by atoms with Crippen molar-refractivity contribution in [3.63, 3.8) is 0 Å². The lowest BCUT2D eigenvalue weighted by Crippen LogP contribution is -2.26. The summed E-state index contributed by atoms with van der Waals surface area (Å²) in [7, 11) is 0. The van der Waals surface area contributed by atoms with E-state index in [-0.39, 0.29) is 24.5 Å². The summed E-state index contributed by atoms with van der Waals surface area (Å²) in [6.07, 6.45) is 0.0958. The van der Waals surface area contributed by atoms with E-state index < -0.39 is 11.7 Å².